The Morgan fingerprint density at radius 2 is 1.75 bits per heavy atom. The standard InChI is InChI=1S/C26H36N4O2/c27-23-11-16-30(17-12-23)19-21-9-14-29(15-10-21)13-2-1-4-20-5-3-6-22(18-20)24-7-8-25(31)28-26(24)32/h3,5-6,18,21,23-24H,2,7-17,19,27H2,(H,28,31,32). The molecule has 3 N–H and O–H groups in total. The molecule has 1 aromatic carbocycles. The van der Waals surface area contributed by atoms with E-state index in [4.69, 9.17) is 5.73 Å². The first kappa shape index (κ1) is 23.0. The second kappa shape index (κ2) is 11.1. The Labute approximate surface area is 191 Å². The van der Waals surface area contributed by atoms with Crippen LogP contribution in [0.4, 0.5) is 0 Å². The largest absolute Gasteiger partial charge is 0.328 e. The number of nitrogens with one attached hydrogen (secondary N) is 1. The van der Waals surface area contributed by atoms with Gasteiger partial charge in [-0.1, -0.05) is 24.0 Å². The third kappa shape index (κ3) is 6.41. The van der Waals surface area contributed by atoms with Gasteiger partial charge in [0.2, 0.25) is 11.8 Å². The van der Waals surface area contributed by atoms with Crippen molar-refractivity contribution in [3.8, 4) is 11.8 Å². The van der Waals surface area contributed by atoms with Gasteiger partial charge in [0.05, 0.1) is 5.92 Å². The molecule has 172 valence electrons. The first-order valence-electron chi connectivity index (χ1n) is 12.2. The van der Waals surface area contributed by atoms with Crippen LogP contribution in [0.15, 0.2) is 24.3 Å². The maximum Gasteiger partial charge on any atom is 0.234 e. The highest BCUT2D eigenvalue weighted by molar-refractivity contribution is 6.00. The van der Waals surface area contributed by atoms with Gasteiger partial charge < -0.3 is 15.5 Å². The normalized spacial score (nSPS) is 24.1. The highest BCUT2D eigenvalue weighted by atomic mass is 16.2. The maximum absolute atomic E-state index is 12.1. The van der Waals surface area contributed by atoms with E-state index in [2.05, 4.69) is 27.0 Å². The number of carbonyl (C=O) groups excluding carboxylic acids is 2. The Morgan fingerprint density at radius 3 is 2.50 bits per heavy atom. The number of nitrogens with zero attached hydrogens (tertiary/aromatic N) is 2. The number of likely N-dealkylation sites (tertiary alicyclic amines) is 2. The van der Waals surface area contributed by atoms with Crippen molar-refractivity contribution in [2.24, 2.45) is 11.7 Å². The van der Waals surface area contributed by atoms with E-state index in [1.54, 1.807) is 0 Å². The Hall–Kier alpha value is -2.20. The number of benzene rings is 1. The minimum atomic E-state index is -0.252. The van der Waals surface area contributed by atoms with Crippen LogP contribution in [0.5, 0.6) is 0 Å². The monoisotopic (exact) mass is 436 g/mol. The van der Waals surface area contributed by atoms with Crippen molar-refractivity contribution in [2.45, 2.75) is 56.9 Å². The Kier molecular flexibility index (Phi) is 7.96. The molecule has 3 fully saturated rings. The van der Waals surface area contributed by atoms with Gasteiger partial charge in [-0.3, -0.25) is 14.9 Å². The predicted octanol–water partition coefficient (Wildman–Crippen LogP) is 2.08. The summed E-state index contributed by atoms with van der Waals surface area (Å²) in [7, 11) is 0. The number of amides is 2. The number of imide groups is 1. The molecule has 32 heavy (non-hydrogen) atoms. The third-order valence-electron chi connectivity index (χ3n) is 7.17. The molecule has 0 aliphatic carbocycles. The molecule has 0 radical (unpaired) electrons. The van der Waals surface area contributed by atoms with Crippen molar-refractivity contribution in [1.82, 2.24) is 15.1 Å². The van der Waals surface area contributed by atoms with E-state index in [0.717, 1.165) is 42.9 Å². The number of piperidine rings is 3. The number of carbonyl (C=O) groups is 2. The zero-order chi connectivity index (χ0) is 22.3. The Bertz CT molecular complexity index is 858. The van der Waals surface area contributed by atoms with Crippen LogP contribution in [-0.2, 0) is 9.59 Å². The highest BCUT2D eigenvalue weighted by Crippen LogP contribution is 2.25. The fourth-order valence-electron chi connectivity index (χ4n) is 5.12. The summed E-state index contributed by atoms with van der Waals surface area (Å²) >= 11 is 0. The van der Waals surface area contributed by atoms with Gasteiger partial charge in [-0.15, -0.1) is 0 Å². The number of nitrogens with two attached hydrogens (primary N) is 1. The van der Waals surface area contributed by atoms with Crippen molar-refractivity contribution in [1.29, 1.82) is 0 Å². The lowest BCUT2D eigenvalue weighted by Gasteiger charge is -2.37. The van der Waals surface area contributed by atoms with Crippen molar-refractivity contribution in [3.63, 3.8) is 0 Å². The molecule has 2 amide bonds. The van der Waals surface area contributed by atoms with Crippen LogP contribution in [0.3, 0.4) is 0 Å². The first-order chi connectivity index (χ1) is 15.6. The van der Waals surface area contributed by atoms with Gasteiger partial charge in [-0.25, -0.2) is 0 Å². The maximum atomic E-state index is 12.1. The molecule has 6 heteroatoms. The molecule has 3 aliphatic rings. The van der Waals surface area contributed by atoms with E-state index in [1.165, 1.54) is 45.6 Å². The SMILES string of the molecule is NC1CCN(CC2CCN(CCC#Cc3cccc(C4CCC(=O)NC4=O)c3)CC2)CC1. The van der Waals surface area contributed by atoms with Gasteiger partial charge in [-0.05, 0) is 81.9 Å². The predicted molar refractivity (Wildman–Crippen MR) is 126 cm³/mol. The number of hydrogen-bond donors (Lipinski definition) is 2. The number of hydrogen-bond acceptors (Lipinski definition) is 5. The van der Waals surface area contributed by atoms with Gasteiger partial charge in [0.1, 0.15) is 0 Å². The summed E-state index contributed by atoms with van der Waals surface area (Å²) in [4.78, 5) is 28.6. The van der Waals surface area contributed by atoms with Crippen LogP contribution in [0.1, 0.15) is 62.0 Å². The van der Waals surface area contributed by atoms with Gasteiger partial charge in [0.25, 0.3) is 0 Å². The summed E-state index contributed by atoms with van der Waals surface area (Å²) in [5, 5.41) is 2.44. The van der Waals surface area contributed by atoms with Crippen LogP contribution in [0.25, 0.3) is 0 Å². The summed E-state index contributed by atoms with van der Waals surface area (Å²) in [6.07, 6.45) is 6.69. The van der Waals surface area contributed by atoms with Crippen LogP contribution in [0, 0.1) is 17.8 Å². The minimum absolute atomic E-state index is 0.178. The van der Waals surface area contributed by atoms with Gasteiger partial charge >= 0.3 is 0 Å². The topological polar surface area (TPSA) is 78.7 Å². The number of rotatable bonds is 5. The van der Waals surface area contributed by atoms with Crippen LogP contribution in [-0.4, -0.2) is 66.9 Å². The molecule has 0 aromatic heterocycles. The van der Waals surface area contributed by atoms with Crippen molar-refractivity contribution >= 4 is 11.8 Å². The first-order valence-corrected chi connectivity index (χ1v) is 12.2. The smallest absolute Gasteiger partial charge is 0.234 e. The molecule has 0 spiro atoms. The molecule has 3 saturated heterocycles. The molecule has 0 saturated carbocycles. The quantitative estimate of drug-likeness (QED) is 0.546. The zero-order valence-corrected chi connectivity index (χ0v) is 19.0. The van der Waals surface area contributed by atoms with E-state index >= 15 is 0 Å². The zero-order valence-electron chi connectivity index (χ0n) is 19.0. The van der Waals surface area contributed by atoms with E-state index < -0.39 is 0 Å². The lowest BCUT2D eigenvalue weighted by atomic mass is 9.90. The summed E-state index contributed by atoms with van der Waals surface area (Å²) in [5.41, 5.74) is 7.90. The summed E-state index contributed by atoms with van der Waals surface area (Å²) in [5.74, 6) is 6.77. The van der Waals surface area contributed by atoms with Gasteiger partial charge in [0, 0.05) is 37.5 Å². The Morgan fingerprint density at radius 1 is 1.00 bits per heavy atom. The lowest BCUT2D eigenvalue weighted by Crippen LogP contribution is -2.44. The van der Waals surface area contributed by atoms with Crippen molar-refractivity contribution in [3.05, 3.63) is 35.4 Å². The fraction of sp³-hybridized carbons (Fsp3) is 0.615. The average molecular weight is 437 g/mol. The van der Waals surface area contributed by atoms with Crippen LogP contribution < -0.4 is 11.1 Å². The van der Waals surface area contributed by atoms with Crippen molar-refractivity contribution < 1.29 is 9.59 Å². The van der Waals surface area contributed by atoms with Crippen LogP contribution in [0.2, 0.25) is 0 Å². The summed E-state index contributed by atoms with van der Waals surface area (Å²) in [6, 6.07) is 8.29. The van der Waals surface area contributed by atoms with Crippen molar-refractivity contribution in [2.75, 3.05) is 39.3 Å². The summed E-state index contributed by atoms with van der Waals surface area (Å²) in [6.45, 7) is 6.94. The van der Waals surface area contributed by atoms with Gasteiger partial charge in [-0.2, -0.15) is 0 Å². The molecule has 3 aliphatic heterocycles. The van der Waals surface area contributed by atoms with Gasteiger partial charge in [0.15, 0.2) is 0 Å². The second-order valence-corrected chi connectivity index (χ2v) is 9.60. The average Bonchev–Trinajstić information content (AvgIpc) is 2.79. The molecule has 1 atom stereocenters. The molecule has 3 heterocycles. The third-order valence-corrected chi connectivity index (χ3v) is 7.17. The van der Waals surface area contributed by atoms with E-state index in [9.17, 15) is 9.59 Å². The molecule has 1 unspecified atom stereocenters. The molecule has 1 aromatic rings. The van der Waals surface area contributed by atoms with E-state index in [1.807, 2.05) is 24.3 Å². The molecular weight excluding hydrogens is 400 g/mol. The minimum Gasteiger partial charge on any atom is -0.328 e. The molecule has 6 nitrogen and oxygen atoms in total. The van der Waals surface area contributed by atoms with E-state index in [-0.39, 0.29) is 17.7 Å². The van der Waals surface area contributed by atoms with Crippen LogP contribution >= 0.6 is 0 Å². The molecule has 4 rings (SSSR count). The highest BCUT2D eigenvalue weighted by Gasteiger charge is 2.28. The summed E-state index contributed by atoms with van der Waals surface area (Å²) < 4.78 is 0. The van der Waals surface area contributed by atoms with E-state index in [0.29, 0.717) is 18.9 Å². The second-order valence-electron chi connectivity index (χ2n) is 9.60. The molecular formula is C26H36N4O2. The molecule has 0 bridgehead atoms. The lowest BCUT2D eigenvalue weighted by molar-refractivity contribution is -0.134. The fourth-order valence-corrected chi connectivity index (χ4v) is 5.12. The Balaban J connectivity index is 1.19.